The van der Waals surface area contributed by atoms with Crippen LogP contribution in [0.3, 0.4) is 0 Å². The average molecular weight is 318 g/mol. The summed E-state index contributed by atoms with van der Waals surface area (Å²) in [5.74, 6) is -0.293. The molecule has 0 bridgehead atoms. The first-order valence-electron chi connectivity index (χ1n) is 7.61. The summed E-state index contributed by atoms with van der Waals surface area (Å²) in [6, 6.07) is 6.10. The van der Waals surface area contributed by atoms with Crippen LogP contribution in [0, 0.1) is 19.7 Å². The van der Waals surface area contributed by atoms with E-state index < -0.39 is 0 Å². The number of aromatic nitrogens is 2. The van der Waals surface area contributed by atoms with Crippen LogP contribution < -0.4 is 5.32 Å². The predicted molar refractivity (Wildman–Crippen MR) is 87.7 cm³/mol. The number of carbonyl (C=O) groups excluding carboxylic acids is 1. The zero-order chi connectivity index (χ0) is 17.0. The van der Waals surface area contributed by atoms with Gasteiger partial charge in [0.1, 0.15) is 5.82 Å². The quantitative estimate of drug-likeness (QED) is 0.921. The molecule has 0 aliphatic rings. The fraction of sp³-hybridized carbons (Fsp3) is 0.412. The van der Waals surface area contributed by atoms with E-state index in [1.807, 2.05) is 25.6 Å². The summed E-state index contributed by atoms with van der Waals surface area (Å²) >= 11 is 0. The molecule has 0 aliphatic heterocycles. The van der Waals surface area contributed by atoms with Gasteiger partial charge in [-0.3, -0.25) is 4.68 Å². The third-order valence-electron chi connectivity index (χ3n) is 3.97. The topological polar surface area (TPSA) is 50.2 Å². The normalized spacial score (nSPS) is 10.7. The van der Waals surface area contributed by atoms with E-state index in [-0.39, 0.29) is 11.8 Å². The maximum absolute atomic E-state index is 13.2. The number of urea groups is 1. The van der Waals surface area contributed by atoms with Gasteiger partial charge in [-0.15, -0.1) is 0 Å². The molecule has 124 valence electrons. The Morgan fingerprint density at radius 3 is 2.74 bits per heavy atom. The number of hydrogen-bond donors (Lipinski definition) is 1. The summed E-state index contributed by atoms with van der Waals surface area (Å²) in [6.45, 7) is 4.90. The minimum absolute atomic E-state index is 0.173. The van der Waals surface area contributed by atoms with E-state index in [2.05, 4.69) is 10.4 Å². The van der Waals surface area contributed by atoms with Gasteiger partial charge in [0.15, 0.2) is 0 Å². The second kappa shape index (κ2) is 7.26. The van der Waals surface area contributed by atoms with Gasteiger partial charge in [0.05, 0.1) is 5.69 Å². The van der Waals surface area contributed by atoms with Gasteiger partial charge < -0.3 is 10.2 Å². The summed E-state index contributed by atoms with van der Waals surface area (Å²) < 4.78 is 15.0. The molecule has 0 saturated carbocycles. The molecule has 23 heavy (non-hydrogen) atoms. The Bertz CT molecular complexity index is 696. The van der Waals surface area contributed by atoms with Gasteiger partial charge in [0, 0.05) is 32.9 Å². The Labute approximate surface area is 136 Å². The van der Waals surface area contributed by atoms with Crippen molar-refractivity contribution in [3.8, 4) is 0 Å². The molecule has 1 heterocycles. The second-order valence-electron chi connectivity index (χ2n) is 5.74. The number of hydrogen-bond acceptors (Lipinski definition) is 2. The Morgan fingerprint density at radius 1 is 1.39 bits per heavy atom. The number of amides is 2. The van der Waals surface area contributed by atoms with Crippen molar-refractivity contribution in [3.63, 3.8) is 0 Å². The van der Waals surface area contributed by atoms with Crippen molar-refractivity contribution in [2.24, 2.45) is 7.05 Å². The Hall–Kier alpha value is -2.37. The molecule has 0 unspecified atom stereocenters. The smallest absolute Gasteiger partial charge is 0.317 e. The first-order valence-corrected chi connectivity index (χ1v) is 7.61. The van der Waals surface area contributed by atoms with Crippen LogP contribution in [0.4, 0.5) is 9.18 Å². The van der Waals surface area contributed by atoms with Gasteiger partial charge in [-0.25, -0.2) is 9.18 Å². The lowest BCUT2D eigenvalue weighted by Crippen LogP contribution is -2.37. The molecule has 0 saturated heterocycles. The molecule has 2 rings (SSSR count). The molecule has 2 amide bonds. The van der Waals surface area contributed by atoms with Crippen molar-refractivity contribution >= 4 is 6.03 Å². The first kappa shape index (κ1) is 17.0. The lowest BCUT2D eigenvalue weighted by atomic mass is 10.1. The highest BCUT2D eigenvalue weighted by Gasteiger charge is 2.12. The van der Waals surface area contributed by atoms with Gasteiger partial charge >= 0.3 is 6.03 Å². The van der Waals surface area contributed by atoms with Crippen molar-refractivity contribution in [3.05, 3.63) is 52.6 Å². The summed E-state index contributed by atoms with van der Waals surface area (Å²) in [4.78, 5) is 13.6. The highest BCUT2D eigenvalue weighted by Crippen LogP contribution is 2.12. The summed E-state index contributed by atoms with van der Waals surface area (Å²) in [5, 5.41) is 7.25. The van der Waals surface area contributed by atoms with E-state index in [9.17, 15) is 9.18 Å². The van der Waals surface area contributed by atoms with E-state index in [4.69, 9.17) is 0 Å². The molecule has 0 atom stereocenters. The molecule has 6 heteroatoms. The highest BCUT2D eigenvalue weighted by molar-refractivity contribution is 5.73. The summed E-state index contributed by atoms with van der Waals surface area (Å²) in [5.41, 5.74) is 4.04. The first-order chi connectivity index (χ1) is 10.9. The van der Waals surface area contributed by atoms with Crippen LogP contribution in [0.5, 0.6) is 0 Å². The van der Waals surface area contributed by atoms with Crippen LogP contribution in [0.2, 0.25) is 0 Å². The minimum Gasteiger partial charge on any atom is -0.338 e. The fourth-order valence-corrected chi connectivity index (χ4v) is 2.59. The molecule has 1 aromatic heterocycles. The van der Waals surface area contributed by atoms with Crippen molar-refractivity contribution < 1.29 is 9.18 Å². The third kappa shape index (κ3) is 4.31. The van der Waals surface area contributed by atoms with Crippen LogP contribution in [0.15, 0.2) is 24.3 Å². The van der Waals surface area contributed by atoms with Crippen LogP contribution >= 0.6 is 0 Å². The zero-order valence-electron chi connectivity index (χ0n) is 14.1. The molecule has 0 fully saturated rings. The van der Waals surface area contributed by atoms with Crippen molar-refractivity contribution in [2.45, 2.75) is 26.8 Å². The lowest BCUT2D eigenvalue weighted by Gasteiger charge is -2.18. The average Bonchev–Trinajstić information content (AvgIpc) is 2.73. The number of aryl methyl sites for hydroxylation is 2. The fourth-order valence-electron chi connectivity index (χ4n) is 2.59. The number of rotatable bonds is 5. The van der Waals surface area contributed by atoms with E-state index in [0.29, 0.717) is 13.1 Å². The van der Waals surface area contributed by atoms with Crippen molar-refractivity contribution in [1.82, 2.24) is 20.0 Å². The zero-order valence-corrected chi connectivity index (χ0v) is 14.1. The lowest BCUT2D eigenvalue weighted by molar-refractivity contribution is 0.207. The minimum atomic E-state index is -0.293. The molecular weight excluding hydrogens is 295 g/mol. The number of nitrogens with one attached hydrogen (secondary N) is 1. The van der Waals surface area contributed by atoms with Crippen LogP contribution in [-0.4, -0.2) is 34.3 Å². The van der Waals surface area contributed by atoms with E-state index in [0.717, 1.165) is 23.4 Å². The number of nitrogens with zero attached hydrogens (tertiary/aromatic N) is 3. The molecule has 1 aromatic carbocycles. The van der Waals surface area contributed by atoms with Gasteiger partial charge in [0.25, 0.3) is 0 Å². The van der Waals surface area contributed by atoms with Crippen LogP contribution in [0.1, 0.15) is 22.5 Å². The molecule has 0 aliphatic carbocycles. The molecule has 0 spiro atoms. The Morgan fingerprint density at radius 2 is 2.13 bits per heavy atom. The monoisotopic (exact) mass is 318 g/mol. The molecule has 1 N–H and O–H groups in total. The molecular formula is C17H23FN4O. The summed E-state index contributed by atoms with van der Waals surface area (Å²) in [7, 11) is 3.61. The maximum Gasteiger partial charge on any atom is 0.317 e. The van der Waals surface area contributed by atoms with E-state index in [1.165, 1.54) is 22.6 Å². The molecule has 0 radical (unpaired) electrons. The maximum atomic E-state index is 13.2. The van der Waals surface area contributed by atoms with Gasteiger partial charge in [-0.1, -0.05) is 12.1 Å². The van der Waals surface area contributed by atoms with Gasteiger partial charge in [-0.2, -0.15) is 5.10 Å². The SMILES string of the molecule is Cc1nn(C)c(C)c1CCNC(=O)N(C)Cc1cccc(F)c1. The highest BCUT2D eigenvalue weighted by atomic mass is 19.1. The van der Waals surface area contributed by atoms with Crippen LogP contribution in [-0.2, 0) is 20.0 Å². The summed E-state index contributed by atoms with van der Waals surface area (Å²) in [6.07, 6.45) is 0.741. The van der Waals surface area contributed by atoms with Gasteiger partial charge in [-0.05, 0) is 43.5 Å². The van der Waals surface area contributed by atoms with Crippen LogP contribution in [0.25, 0.3) is 0 Å². The van der Waals surface area contributed by atoms with Crippen molar-refractivity contribution in [2.75, 3.05) is 13.6 Å². The third-order valence-corrected chi connectivity index (χ3v) is 3.97. The second-order valence-corrected chi connectivity index (χ2v) is 5.74. The number of halogens is 1. The number of benzene rings is 1. The molecule has 5 nitrogen and oxygen atoms in total. The Kier molecular flexibility index (Phi) is 5.36. The van der Waals surface area contributed by atoms with Crippen molar-refractivity contribution in [1.29, 1.82) is 0 Å². The van der Waals surface area contributed by atoms with E-state index >= 15 is 0 Å². The largest absolute Gasteiger partial charge is 0.338 e. The van der Waals surface area contributed by atoms with Gasteiger partial charge in [0.2, 0.25) is 0 Å². The van der Waals surface area contributed by atoms with E-state index in [1.54, 1.807) is 19.2 Å². The Balaban J connectivity index is 1.84. The molecule has 2 aromatic rings. The predicted octanol–water partition coefficient (Wildman–Crippen LogP) is 2.56. The number of carbonyl (C=O) groups is 1. The standard InChI is InChI=1S/C17H23FN4O/c1-12-16(13(2)22(4)20-12)8-9-19-17(23)21(3)11-14-6-5-7-15(18)10-14/h5-7,10H,8-9,11H2,1-4H3,(H,19,23).